The van der Waals surface area contributed by atoms with Crippen molar-refractivity contribution in [2.45, 2.75) is 0 Å². The van der Waals surface area contributed by atoms with Crippen molar-refractivity contribution in [2.24, 2.45) is 0 Å². The summed E-state index contributed by atoms with van der Waals surface area (Å²) in [6.45, 7) is 0. The molecule has 0 aliphatic carbocycles. The minimum atomic E-state index is -0.0603. The second kappa shape index (κ2) is 2.30. The molecular weight excluding hydrogens is 211 g/mol. The van der Waals surface area contributed by atoms with E-state index < -0.39 is 0 Å². The number of H-pyrrole nitrogens is 1. The quantitative estimate of drug-likeness (QED) is 0.524. The third kappa shape index (κ3) is 1.09. The van der Waals surface area contributed by atoms with E-state index in [1.165, 1.54) is 0 Å². The first-order valence-electron chi connectivity index (χ1n) is 2.10. The van der Waals surface area contributed by atoms with Gasteiger partial charge in [0.15, 0.2) is 0 Å². The van der Waals surface area contributed by atoms with Gasteiger partial charge in [-0.1, -0.05) is 0 Å². The summed E-state index contributed by atoms with van der Waals surface area (Å²) in [5.74, 6) is 0. The van der Waals surface area contributed by atoms with Gasteiger partial charge in [0, 0.05) is 0 Å². The van der Waals surface area contributed by atoms with E-state index in [-0.39, 0.29) is 5.56 Å². The second-order valence-corrected chi connectivity index (χ2v) is 3.12. The van der Waals surface area contributed by atoms with E-state index in [9.17, 15) is 4.79 Å². The number of aromatic amines is 1. The molecule has 0 fully saturated rings. The molecule has 0 bridgehead atoms. The van der Waals surface area contributed by atoms with Crippen molar-refractivity contribution in [1.29, 1.82) is 0 Å². The van der Waals surface area contributed by atoms with Crippen molar-refractivity contribution in [1.82, 2.24) is 10.2 Å². The molecule has 0 saturated carbocycles. The van der Waals surface area contributed by atoms with E-state index in [4.69, 9.17) is 0 Å². The number of nitrogens with zero attached hydrogens (tertiary/aromatic N) is 1. The van der Waals surface area contributed by atoms with Crippen LogP contribution in [0.2, 0.25) is 0 Å². The van der Waals surface area contributed by atoms with Crippen molar-refractivity contribution in [3.8, 4) is 0 Å². The van der Waals surface area contributed by atoms with Crippen LogP contribution >= 0.6 is 0 Å². The van der Waals surface area contributed by atoms with Gasteiger partial charge in [-0.25, -0.2) is 0 Å². The Kier molecular flexibility index (Phi) is 1.67. The molecule has 1 rings (SSSR count). The Morgan fingerprint density at radius 1 is 1.75 bits per heavy atom. The van der Waals surface area contributed by atoms with E-state index in [1.54, 1.807) is 12.3 Å². The standard InChI is InChI=1S/C4H3N2O.Sn.H/c7-4-2-1-3-5-6-4;;/h1,3H,(H,6,7);;. The van der Waals surface area contributed by atoms with Gasteiger partial charge >= 0.3 is 58.9 Å². The Bertz CT molecular complexity index is 231. The maximum absolute atomic E-state index is 10.5. The Hall–Kier alpha value is -0.321. The predicted molar refractivity (Wildman–Crippen MR) is 31.6 cm³/mol. The van der Waals surface area contributed by atoms with Gasteiger partial charge in [0.1, 0.15) is 0 Å². The maximum atomic E-state index is 10.5. The molecule has 3 nitrogen and oxygen atoms in total. The molecule has 0 aromatic carbocycles. The fraction of sp³-hybridized carbons (Fsp3) is 0. The Morgan fingerprint density at radius 2 is 2.50 bits per heavy atom. The van der Waals surface area contributed by atoms with E-state index in [1.807, 2.05) is 0 Å². The van der Waals surface area contributed by atoms with E-state index in [0.717, 1.165) is 26.1 Å². The van der Waals surface area contributed by atoms with Gasteiger partial charge < -0.3 is 0 Å². The molecule has 4 heteroatoms. The van der Waals surface area contributed by atoms with Crippen LogP contribution in [0.4, 0.5) is 0 Å². The zero-order chi connectivity index (χ0) is 5.98. The fourth-order valence-corrected chi connectivity index (χ4v) is 0.784. The van der Waals surface area contributed by atoms with E-state index in [0.29, 0.717) is 0 Å². The number of hydrogen-bond donors (Lipinski definition) is 1. The van der Waals surface area contributed by atoms with Crippen LogP contribution in [0.3, 0.4) is 0 Å². The van der Waals surface area contributed by atoms with Crippen LogP contribution in [0.25, 0.3) is 0 Å². The molecule has 8 heavy (non-hydrogen) atoms. The number of hydrogen-bond acceptors (Lipinski definition) is 2. The van der Waals surface area contributed by atoms with Gasteiger partial charge in [0.05, 0.1) is 0 Å². The molecule has 0 aliphatic rings. The van der Waals surface area contributed by atoms with Crippen molar-refractivity contribution < 1.29 is 0 Å². The van der Waals surface area contributed by atoms with Gasteiger partial charge in [-0.05, 0) is 0 Å². The third-order valence-corrected chi connectivity index (χ3v) is 2.05. The summed E-state index contributed by atoms with van der Waals surface area (Å²) < 4.78 is 0.824. The van der Waals surface area contributed by atoms with Crippen LogP contribution in [-0.4, -0.2) is 32.7 Å². The summed E-state index contributed by atoms with van der Waals surface area (Å²) in [6.07, 6.45) is 1.58. The number of nitrogens with one attached hydrogen (secondary N) is 1. The number of rotatable bonds is 0. The molecule has 2 radical (unpaired) electrons. The van der Waals surface area contributed by atoms with Crippen molar-refractivity contribution >= 4 is 26.1 Å². The van der Waals surface area contributed by atoms with Crippen molar-refractivity contribution in [3.05, 3.63) is 22.6 Å². The normalized spacial score (nSPS) is 9.12. The first-order valence-corrected chi connectivity index (χ1v) is 3.74. The topological polar surface area (TPSA) is 45.8 Å². The van der Waals surface area contributed by atoms with Crippen LogP contribution in [0.1, 0.15) is 0 Å². The summed E-state index contributed by atoms with van der Waals surface area (Å²) in [6, 6.07) is 1.72. The zero-order valence-electron chi connectivity index (χ0n) is 4.09. The van der Waals surface area contributed by atoms with E-state index in [2.05, 4.69) is 10.2 Å². The minimum absolute atomic E-state index is 0.0603. The monoisotopic (exact) mass is 216 g/mol. The van der Waals surface area contributed by atoms with Crippen LogP contribution in [0, 0.1) is 0 Å². The summed E-state index contributed by atoms with van der Waals surface area (Å²) in [7, 11) is 0. The molecular formula is C4H4N2OSn. The van der Waals surface area contributed by atoms with Gasteiger partial charge in [-0.15, -0.1) is 0 Å². The first kappa shape index (κ1) is 5.81. The summed E-state index contributed by atoms with van der Waals surface area (Å²) in [4.78, 5) is 10.5. The number of aromatic nitrogens is 2. The molecule has 0 atom stereocenters. The predicted octanol–water partition coefficient (Wildman–Crippen LogP) is -1.70. The van der Waals surface area contributed by atoms with Gasteiger partial charge in [0.2, 0.25) is 0 Å². The molecule has 0 amide bonds. The zero-order valence-corrected chi connectivity index (χ0v) is 7.38. The second-order valence-electron chi connectivity index (χ2n) is 1.34. The third-order valence-electron chi connectivity index (χ3n) is 0.757. The van der Waals surface area contributed by atoms with E-state index >= 15 is 0 Å². The molecule has 0 aliphatic heterocycles. The molecule has 0 saturated heterocycles. The Labute approximate surface area is 59.2 Å². The summed E-state index contributed by atoms with van der Waals surface area (Å²) in [5.41, 5.74) is -0.0603. The van der Waals surface area contributed by atoms with Gasteiger partial charge in [0.25, 0.3) is 0 Å². The van der Waals surface area contributed by atoms with Crippen molar-refractivity contribution in [2.75, 3.05) is 0 Å². The average molecular weight is 215 g/mol. The fourth-order valence-electron chi connectivity index (χ4n) is 0.354. The van der Waals surface area contributed by atoms with Crippen LogP contribution in [0.5, 0.6) is 0 Å². The van der Waals surface area contributed by atoms with Crippen molar-refractivity contribution in [3.63, 3.8) is 0 Å². The molecule has 1 aromatic rings. The summed E-state index contributed by atoms with van der Waals surface area (Å²) >= 11 is 0.853. The molecule has 0 spiro atoms. The summed E-state index contributed by atoms with van der Waals surface area (Å²) in [5, 5.41) is 5.85. The van der Waals surface area contributed by atoms with Crippen LogP contribution < -0.4 is 9.14 Å². The molecule has 1 heterocycles. The average Bonchev–Trinajstić information content (AvgIpc) is 1.77. The Morgan fingerprint density at radius 3 is 2.88 bits per heavy atom. The first-order chi connectivity index (χ1) is 3.80. The molecule has 0 unspecified atom stereocenters. The molecule has 1 N–H and O–H groups in total. The van der Waals surface area contributed by atoms with Gasteiger partial charge in [-0.2, -0.15) is 0 Å². The molecule has 1 aromatic heterocycles. The molecule has 40 valence electrons. The van der Waals surface area contributed by atoms with Crippen LogP contribution in [-0.2, 0) is 0 Å². The van der Waals surface area contributed by atoms with Gasteiger partial charge in [-0.3, -0.25) is 0 Å². The Balaban J connectivity index is 3.35. The SMILES string of the molecule is O=c1[nH]ncc[c]1[SnH]. The van der Waals surface area contributed by atoms with Crippen LogP contribution in [0.15, 0.2) is 17.1 Å².